The summed E-state index contributed by atoms with van der Waals surface area (Å²) in [5, 5.41) is 2.86. The predicted octanol–water partition coefficient (Wildman–Crippen LogP) is 2.03. The van der Waals surface area contributed by atoms with E-state index >= 15 is 0 Å². The van der Waals surface area contributed by atoms with Gasteiger partial charge in [0.05, 0.1) is 6.54 Å². The molecule has 0 radical (unpaired) electrons. The Bertz CT molecular complexity index is 117. The van der Waals surface area contributed by atoms with Crippen LogP contribution in [0.5, 0.6) is 0 Å². The fraction of sp³-hybridized carbons (Fsp3) is 1.00. The van der Waals surface area contributed by atoms with E-state index < -0.39 is 6.43 Å². The van der Waals surface area contributed by atoms with E-state index in [-0.39, 0.29) is 6.54 Å². The highest BCUT2D eigenvalue weighted by atomic mass is 19.3. The van der Waals surface area contributed by atoms with Gasteiger partial charge in [-0.05, 0) is 25.2 Å². The van der Waals surface area contributed by atoms with Gasteiger partial charge in [0.1, 0.15) is 0 Å². The van der Waals surface area contributed by atoms with Gasteiger partial charge in [0.15, 0.2) is 0 Å². The lowest BCUT2D eigenvalue weighted by Gasteiger charge is -2.10. The number of hydrogen-bond acceptors (Lipinski definition) is 1. The summed E-state index contributed by atoms with van der Waals surface area (Å²) in [6.07, 6.45) is 1.10. The molecular weight excluding hydrogens is 148 g/mol. The van der Waals surface area contributed by atoms with Gasteiger partial charge in [0.2, 0.25) is 0 Å². The second kappa shape index (κ2) is 4.00. The summed E-state index contributed by atoms with van der Waals surface area (Å²) in [6, 6.07) is 0.346. The molecule has 66 valence electrons. The zero-order valence-electron chi connectivity index (χ0n) is 6.82. The maximum absolute atomic E-state index is 11.7. The average molecular weight is 163 g/mol. The molecule has 0 amide bonds. The van der Waals surface area contributed by atoms with Crippen LogP contribution in [0, 0.1) is 5.92 Å². The number of halogens is 2. The Kier molecular flexibility index (Phi) is 3.24. The van der Waals surface area contributed by atoms with Crippen LogP contribution in [-0.4, -0.2) is 19.0 Å². The van der Waals surface area contributed by atoms with E-state index in [4.69, 9.17) is 0 Å². The Labute approximate surface area is 66.2 Å². The second-order valence-corrected chi connectivity index (χ2v) is 3.41. The van der Waals surface area contributed by atoms with Crippen molar-refractivity contribution in [3.8, 4) is 0 Å². The first-order valence-corrected chi connectivity index (χ1v) is 4.20. The summed E-state index contributed by atoms with van der Waals surface area (Å²) in [7, 11) is 0. The Morgan fingerprint density at radius 3 is 2.64 bits per heavy atom. The third kappa shape index (κ3) is 3.14. The first kappa shape index (κ1) is 8.91. The highest BCUT2D eigenvalue weighted by molar-refractivity contribution is 4.78. The van der Waals surface area contributed by atoms with Crippen LogP contribution in [0.3, 0.4) is 0 Å². The van der Waals surface area contributed by atoms with Crippen LogP contribution in [0.15, 0.2) is 0 Å². The van der Waals surface area contributed by atoms with Gasteiger partial charge in [-0.2, -0.15) is 0 Å². The van der Waals surface area contributed by atoms with Crippen LogP contribution in [0.2, 0.25) is 0 Å². The Morgan fingerprint density at radius 2 is 2.18 bits per heavy atom. The molecular formula is C8H15F2N. The molecule has 1 rings (SSSR count). The molecule has 3 heteroatoms. The smallest absolute Gasteiger partial charge is 0.250 e. The zero-order chi connectivity index (χ0) is 8.27. The van der Waals surface area contributed by atoms with Crippen molar-refractivity contribution >= 4 is 0 Å². The third-order valence-corrected chi connectivity index (χ3v) is 2.26. The molecule has 0 bridgehead atoms. The van der Waals surface area contributed by atoms with Crippen LogP contribution >= 0.6 is 0 Å². The predicted molar refractivity (Wildman–Crippen MR) is 40.8 cm³/mol. The van der Waals surface area contributed by atoms with Crippen molar-refractivity contribution in [2.45, 2.75) is 38.7 Å². The number of hydrogen-bond donors (Lipinski definition) is 1. The van der Waals surface area contributed by atoms with Crippen molar-refractivity contribution < 1.29 is 8.78 Å². The first-order valence-electron chi connectivity index (χ1n) is 4.20. The van der Waals surface area contributed by atoms with Gasteiger partial charge < -0.3 is 5.32 Å². The van der Waals surface area contributed by atoms with E-state index in [2.05, 4.69) is 12.2 Å². The van der Waals surface area contributed by atoms with Gasteiger partial charge in [-0.15, -0.1) is 0 Å². The van der Waals surface area contributed by atoms with E-state index in [1.165, 1.54) is 6.42 Å². The Morgan fingerprint density at radius 1 is 1.45 bits per heavy atom. The SMILES string of the molecule is C[C@H]1CC[C@H](NCC(F)F)C1. The van der Waals surface area contributed by atoms with Crippen molar-refractivity contribution in [3.63, 3.8) is 0 Å². The first-order chi connectivity index (χ1) is 5.18. The summed E-state index contributed by atoms with van der Waals surface area (Å²) in [6.45, 7) is 2.03. The minimum Gasteiger partial charge on any atom is -0.309 e. The lowest BCUT2D eigenvalue weighted by Crippen LogP contribution is -2.30. The number of alkyl halides is 2. The van der Waals surface area contributed by atoms with Gasteiger partial charge >= 0.3 is 0 Å². The van der Waals surface area contributed by atoms with Crippen LogP contribution in [0.1, 0.15) is 26.2 Å². The van der Waals surface area contributed by atoms with Crippen LogP contribution < -0.4 is 5.32 Å². The average Bonchev–Trinajstić information content (AvgIpc) is 2.31. The molecule has 1 aliphatic carbocycles. The van der Waals surface area contributed by atoms with Gasteiger partial charge in [0.25, 0.3) is 6.43 Å². The molecule has 1 nitrogen and oxygen atoms in total. The normalized spacial score (nSPS) is 31.6. The largest absolute Gasteiger partial charge is 0.309 e. The zero-order valence-corrected chi connectivity index (χ0v) is 6.82. The molecule has 0 spiro atoms. The third-order valence-electron chi connectivity index (χ3n) is 2.26. The fourth-order valence-electron chi connectivity index (χ4n) is 1.65. The molecule has 0 aromatic rings. The Balaban J connectivity index is 2.08. The summed E-state index contributed by atoms with van der Waals surface area (Å²) in [5.74, 6) is 0.713. The minimum atomic E-state index is -2.20. The van der Waals surface area contributed by atoms with Crippen LogP contribution in [-0.2, 0) is 0 Å². The van der Waals surface area contributed by atoms with Crippen molar-refractivity contribution in [2.24, 2.45) is 5.92 Å². The standard InChI is InChI=1S/C8H15F2N/c1-6-2-3-7(4-6)11-5-8(9)10/h6-8,11H,2-5H2,1H3/t6-,7-/m0/s1. The number of rotatable bonds is 3. The number of nitrogens with one attached hydrogen (secondary N) is 1. The molecule has 1 saturated carbocycles. The molecule has 0 aromatic heterocycles. The topological polar surface area (TPSA) is 12.0 Å². The fourth-order valence-corrected chi connectivity index (χ4v) is 1.65. The molecule has 1 aliphatic rings. The molecule has 0 aliphatic heterocycles. The minimum absolute atomic E-state index is 0.141. The van der Waals surface area contributed by atoms with Crippen molar-refractivity contribution in [1.29, 1.82) is 0 Å². The van der Waals surface area contributed by atoms with Gasteiger partial charge in [0, 0.05) is 6.04 Å². The quantitative estimate of drug-likeness (QED) is 0.671. The van der Waals surface area contributed by atoms with E-state index in [1.807, 2.05) is 0 Å². The van der Waals surface area contributed by atoms with Crippen molar-refractivity contribution in [1.82, 2.24) is 5.32 Å². The highest BCUT2D eigenvalue weighted by Gasteiger charge is 2.21. The molecule has 0 unspecified atom stereocenters. The monoisotopic (exact) mass is 163 g/mol. The van der Waals surface area contributed by atoms with E-state index in [0.717, 1.165) is 12.8 Å². The maximum atomic E-state index is 11.7. The molecule has 1 N–H and O–H groups in total. The van der Waals surface area contributed by atoms with E-state index in [9.17, 15) is 8.78 Å². The van der Waals surface area contributed by atoms with Crippen molar-refractivity contribution in [2.75, 3.05) is 6.54 Å². The molecule has 11 heavy (non-hydrogen) atoms. The summed E-state index contributed by atoms with van der Waals surface area (Å²) in [5.41, 5.74) is 0. The second-order valence-electron chi connectivity index (χ2n) is 3.41. The molecule has 0 saturated heterocycles. The van der Waals surface area contributed by atoms with Crippen LogP contribution in [0.25, 0.3) is 0 Å². The summed E-state index contributed by atoms with van der Waals surface area (Å²) < 4.78 is 23.4. The molecule has 0 aromatic carbocycles. The van der Waals surface area contributed by atoms with E-state index in [1.54, 1.807) is 0 Å². The summed E-state index contributed by atoms with van der Waals surface area (Å²) >= 11 is 0. The van der Waals surface area contributed by atoms with Crippen molar-refractivity contribution in [3.05, 3.63) is 0 Å². The summed E-state index contributed by atoms with van der Waals surface area (Å²) in [4.78, 5) is 0. The Hall–Kier alpha value is -0.180. The molecule has 1 fully saturated rings. The molecule has 0 heterocycles. The highest BCUT2D eigenvalue weighted by Crippen LogP contribution is 2.24. The van der Waals surface area contributed by atoms with Gasteiger partial charge in [-0.1, -0.05) is 6.92 Å². The maximum Gasteiger partial charge on any atom is 0.250 e. The molecule has 2 atom stereocenters. The van der Waals surface area contributed by atoms with Gasteiger partial charge in [-0.25, -0.2) is 8.78 Å². The van der Waals surface area contributed by atoms with Crippen LogP contribution in [0.4, 0.5) is 8.78 Å². The lowest BCUT2D eigenvalue weighted by molar-refractivity contribution is 0.141. The lowest BCUT2D eigenvalue weighted by atomic mass is 10.1. The van der Waals surface area contributed by atoms with Gasteiger partial charge in [-0.3, -0.25) is 0 Å². The van der Waals surface area contributed by atoms with E-state index in [0.29, 0.717) is 12.0 Å².